The number of nitriles is 2. The number of rotatable bonds is 7. The second kappa shape index (κ2) is 11.8. The van der Waals surface area contributed by atoms with Crippen LogP contribution in [0, 0.1) is 22.7 Å². The molecule has 46 heavy (non-hydrogen) atoms. The molecule has 1 aliphatic rings. The summed E-state index contributed by atoms with van der Waals surface area (Å²) in [5, 5.41) is 18.3. The number of para-hydroxylation sites is 1. The molecule has 1 aliphatic heterocycles. The summed E-state index contributed by atoms with van der Waals surface area (Å²) < 4.78 is 12.2. The SMILES string of the molecule is N#Cc1ccc(Oc2ccc(C3(c4ccc(Oc5ccc(C#N)cc5)cc4)c4ccccc4C(=O)N3c3ccccc3)cc2)cc1. The van der Waals surface area contributed by atoms with Gasteiger partial charge in [-0.25, -0.2) is 0 Å². The van der Waals surface area contributed by atoms with Crippen molar-refractivity contribution in [1.82, 2.24) is 0 Å². The molecule has 0 spiro atoms. The third kappa shape index (κ3) is 4.91. The van der Waals surface area contributed by atoms with Crippen LogP contribution in [0.2, 0.25) is 0 Å². The van der Waals surface area contributed by atoms with E-state index in [1.807, 2.05) is 108 Å². The van der Waals surface area contributed by atoms with Gasteiger partial charge in [0.05, 0.1) is 23.3 Å². The first-order valence-electron chi connectivity index (χ1n) is 14.7. The van der Waals surface area contributed by atoms with E-state index in [2.05, 4.69) is 12.1 Å². The van der Waals surface area contributed by atoms with Crippen LogP contribution in [0.15, 0.2) is 152 Å². The monoisotopic (exact) mass is 595 g/mol. The van der Waals surface area contributed by atoms with E-state index >= 15 is 0 Å². The second-order valence-corrected chi connectivity index (χ2v) is 10.8. The van der Waals surface area contributed by atoms with Crippen LogP contribution in [0.4, 0.5) is 5.69 Å². The van der Waals surface area contributed by atoms with Gasteiger partial charge in [-0.1, -0.05) is 60.7 Å². The zero-order chi connectivity index (χ0) is 31.5. The Bertz CT molecular complexity index is 2010. The second-order valence-electron chi connectivity index (χ2n) is 10.8. The molecule has 7 rings (SSSR count). The van der Waals surface area contributed by atoms with Gasteiger partial charge in [0.2, 0.25) is 0 Å². The van der Waals surface area contributed by atoms with Gasteiger partial charge in [-0.05, 0) is 108 Å². The summed E-state index contributed by atoms with van der Waals surface area (Å²) in [6.45, 7) is 0. The lowest BCUT2D eigenvalue weighted by Gasteiger charge is -2.40. The number of carbonyl (C=O) groups excluding carboxylic acids is 1. The van der Waals surface area contributed by atoms with Crippen LogP contribution in [0.3, 0.4) is 0 Å². The maximum atomic E-state index is 14.3. The highest BCUT2D eigenvalue weighted by molar-refractivity contribution is 6.13. The highest BCUT2D eigenvalue weighted by Crippen LogP contribution is 2.51. The normalized spacial score (nSPS) is 12.9. The average Bonchev–Trinajstić information content (AvgIpc) is 3.39. The number of hydrogen-bond donors (Lipinski definition) is 0. The molecule has 6 nitrogen and oxygen atoms in total. The van der Waals surface area contributed by atoms with Gasteiger partial charge in [0, 0.05) is 11.3 Å². The van der Waals surface area contributed by atoms with Crippen LogP contribution in [0.1, 0.15) is 38.2 Å². The number of benzene rings is 6. The van der Waals surface area contributed by atoms with Crippen molar-refractivity contribution in [2.75, 3.05) is 4.90 Å². The predicted molar refractivity (Wildman–Crippen MR) is 175 cm³/mol. The van der Waals surface area contributed by atoms with E-state index < -0.39 is 5.54 Å². The number of nitrogens with zero attached hydrogens (tertiary/aromatic N) is 3. The van der Waals surface area contributed by atoms with Crippen LogP contribution < -0.4 is 14.4 Å². The Morgan fingerprint density at radius 2 is 0.913 bits per heavy atom. The van der Waals surface area contributed by atoms with Gasteiger partial charge in [-0.15, -0.1) is 0 Å². The summed E-state index contributed by atoms with van der Waals surface area (Å²) in [6, 6.07) is 51.1. The van der Waals surface area contributed by atoms with Gasteiger partial charge in [0.15, 0.2) is 0 Å². The summed E-state index contributed by atoms with van der Waals surface area (Å²) in [5.74, 6) is 2.38. The van der Waals surface area contributed by atoms with E-state index in [1.165, 1.54) is 0 Å². The molecular formula is C40H25N3O3. The fourth-order valence-electron chi connectivity index (χ4n) is 6.00. The number of ether oxygens (including phenoxy) is 2. The molecule has 1 heterocycles. The lowest BCUT2D eigenvalue weighted by atomic mass is 9.76. The van der Waals surface area contributed by atoms with Crippen LogP contribution in [0.25, 0.3) is 0 Å². The van der Waals surface area contributed by atoms with Gasteiger partial charge in [0.1, 0.15) is 28.5 Å². The Morgan fingerprint density at radius 3 is 1.37 bits per heavy atom. The highest BCUT2D eigenvalue weighted by atomic mass is 16.5. The molecule has 0 aliphatic carbocycles. The molecule has 0 saturated carbocycles. The van der Waals surface area contributed by atoms with Gasteiger partial charge in [-0.2, -0.15) is 10.5 Å². The van der Waals surface area contributed by atoms with E-state index in [0.717, 1.165) is 22.4 Å². The molecule has 6 aromatic rings. The minimum atomic E-state index is -1.00. The fraction of sp³-hybridized carbons (Fsp3) is 0.0250. The van der Waals surface area contributed by atoms with E-state index in [0.29, 0.717) is 39.7 Å². The topological polar surface area (TPSA) is 86.3 Å². The molecule has 1 amide bonds. The molecular weight excluding hydrogens is 570 g/mol. The highest BCUT2D eigenvalue weighted by Gasteiger charge is 2.52. The van der Waals surface area contributed by atoms with Crippen LogP contribution in [0.5, 0.6) is 23.0 Å². The minimum Gasteiger partial charge on any atom is -0.457 e. The zero-order valence-electron chi connectivity index (χ0n) is 24.5. The van der Waals surface area contributed by atoms with Crippen LogP contribution in [-0.2, 0) is 5.54 Å². The maximum Gasteiger partial charge on any atom is 0.260 e. The van der Waals surface area contributed by atoms with Crippen molar-refractivity contribution >= 4 is 11.6 Å². The Labute approximate surface area is 266 Å². The minimum absolute atomic E-state index is 0.0994. The van der Waals surface area contributed by atoms with E-state index in [4.69, 9.17) is 20.0 Å². The first-order chi connectivity index (χ1) is 22.6. The zero-order valence-corrected chi connectivity index (χ0v) is 24.5. The standard InChI is InChI=1S/C40H25N3O3/c41-26-28-10-18-33(19-11-28)45-35-22-14-30(15-23-35)40(31-16-24-36(25-17-31)46-34-20-12-29(27-42)13-21-34)38-9-5-4-8-37(38)39(44)43(40)32-6-2-1-3-7-32/h1-25H. The van der Waals surface area contributed by atoms with Crippen molar-refractivity contribution in [1.29, 1.82) is 10.5 Å². The van der Waals surface area contributed by atoms with E-state index in [9.17, 15) is 4.79 Å². The molecule has 0 atom stereocenters. The maximum absolute atomic E-state index is 14.3. The third-order valence-electron chi connectivity index (χ3n) is 8.08. The molecule has 0 bridgehead atoms. The van der Waals surface area contributed by atoms with Crippen molar-refractivity contribution in [3.8, 4) is 35.1 Å². The molecule has 6 aromatic carbocycles. The Balaban J connectivity index is 1.35. The summed E-state index contributed by atoms with van der Waals surface area (Å²) >= 11 is 0. The van der Waals surface area contributed by atoms with Crippen LogP contribution in [-0.4, -0.2) is 5.91 Å². The Kier molecular flexibility index (Phi) is 7.23. The summed E-state index contributed by atoms with van der Waals surface area (Å²) in [5.41, 5.74) is 4.12. The van der Waals surface area contributed by atoms with E-state index in [1.54, 1.807) is 48.5 Å². The fourth-order valence-corrected chi connectivity index (χ4v) is 6.00. The van der Waals surface area contributed by atoms with Gasteiger partial charge >= 0.3 is 0 Å². The third-order valence-corrected chi connectivity index (χ3v) is 8.08. The molecule has 0 unspecified atom stereocenters. The van der Waals surface area contributed by atoms with Crippen molar-refractivity contribution in [3.05, 3.63) is 185 Å². The average molecular weight is 596 g/mol. The summed E-state index contributed by atoms with van der Waals surface area (Å²) in [7, 11) is 0. The van der Waals surface area contributed by atoms with Crippen molar-refractivity contribution in [2.24, 2.45) is 0 Å². The van der Waals surface area contributed by atoms with Crippen molar-refractivity contribution in [2.45, 2.75) is 5.54 Å². The summed E-state index contributed by atoms with van der Waals surface area (Å²) in [6.07, 6.45) is 0. The molecule has 0 saturated heterocycles. The van der Waals surface area contributed by atoms with Gasteiger partial charge < -0.3 is 9.47 Å². The Morgan fingerprint density at radius 1 is 0.500 bits per heavy atom. The molecule has 0 fully saturated rings. The molecule has 0 aromatic heterocycles. The smallest absolute Gasteiger partial charge is 0.260 e. The largest absolute Gasteiger partial charge is 0.457 e. The number of hydrogen-bond acceptors (Lipinski definition) is 5. The first kappa shape index (κ1) is 28.2. The molecule has 0 N–H and O–H groups in total. The van der Waals surface area contributed by atoms with Crippen LogP contribution >= 0.6 is 0 Å². The lowest BCUT2D eigenvalue weighted by Crippen LogP contribution is -2.46. The number of carbonyl (C=O) groups is 1. The lowest BCUT2D eigenvalue weighted by molar-refractivity contribution is 0.0986. The quantitative estimate of drug-likeness (QED) is 0.184. The Hall–Kier alpha value is -6.63. The van der Waals surface area contributed by atoms with Crippen molar-refractivity contribution < 1.29 is 14.3 Å². The predicted octanol–water partition coefficient (Wildman–Crippen LogP) is 8.97. The molecule has 0 radical (unpaired) electrons. The van der Waals surface area contributed by atoms with Crippen molar-refractivity contribution in [3.63, 3.8) is 0 Å². The number of fused-ring (bicyclic) bond motifs is 1. The summed E-state index contributed by atoms with van der Waals surface area (Å²) in [4.78, 5) is 16.2. The van der Waals surface area contributed by atoms with E-state index in [-0.39, 0.29) is 5.91 Å². The molecule has 6 heteroatoms. The van der Waals surface area contributed by atoms with Gasteiger partial charge in [-0.3, -0.25) is 9.69 Å². The first-order valence-corrected chi connectivity index (χ1v) is 14.7. The van der Waals surface area contributed by atoms with Gasteiger partial charge in [0.25, 0.3) is 5.91 Å². The number of anilines is 1. The molecule has 218 valence electrons. The number of amides is 1.